The average molecular weight is 264 g/mol. The first-order valence-electron chi connectivity index (χ1n) is 6.13. The van der Waals surface area contributed by atoms with E-state index in [0.717, 1.165) is 17.9 Å². The van der Waals surface area contributed by atoms with E-state index < -0.39 is 0 Å². The van der Waals surface area contributed by atoms with Gasteiger partial charge in [-0.05, 0) is 30.7 Å². The van der Waals surface area contributed by atoms with E-state index in [1.54, 1.807) is 7.11 Å². The smallest absolute Gasteiger partial charge is 0.241 e. The molecule has 0 spiro atoms. The Morgan fingerprint density at radius 2 is 2.05 bits per heavy atom. The minimum Gasteiger partial charge on any atom is -0.497 e. The van der Waals surface area contributed by atoms with Crippen molar-refractivity contribution in [2.24, 2.45) is 10.7 Å². The van der Waals surface area contributed by atoms with E-state index in [9.17, 15) is 4.79 Å². The number of nitrogens with zero attached hydrogens (tertiary/aromatic N) is 1. The molecule has 0 fully saturated rings. The second kappa shape index (κ2) is 7.97. The molecule has 6 nitrogen and oxygen atoms in total. The summed E-state index contributed by atoms with van der Waals surface area (Å²) >= 11 is 0. The van der Waals surface area contributed by atoms with Gasteiger partial charge in [0, 0.05) is 12.2 Å². The first kappa shape index (κ1) is 14.8. The molecule has 0 heterocycles. The predicted molar refractivity (Wildman–Crippen MR) is 76.4 cm³/mol. The summed E-state index contributed by atoms with van der Waals surface area (Å²) < 4.78 is 5.05. The van der Waals surface area contributed by atoms with Crippen molar-refractivity contribution < 1.29 is 9.53 Å². The molecule has 1 aromatic carbocycles. The van der Waals surface area contributed by atoms with Gasteiger partial charge >= 0.3 is 0 Å². The van der Waals surface area contributed by atoms with Crippen LogP contribution in [0.4, 0.5) is 5.69 Å². The lowest BCUT2D eigenvalue weighted by molar-refractivity contribution is -0.119. The highest BCUT2D eigenvalue weighted by Gasteiger charge is 2.00. The van der Waals surface area contributed by atoms with Crippen molar-refractivity contribution in [1.82, 2.24) is 5.32 Å². The quantitative estimate of drug-likeness (QED) is 0.527. The number of carbonyl (C=O) groups excluding carboxylic acids is 1. The van der Waals surface area contributed by atoms with E-state index in [0.29, 0.717) is 6.54 Å². The summed E-state index contributed by atoms with van der Waals surface area (Å²) in [4.78, 5) is 15.3. The number of rotatable bonds is 6. The summed E-state index contributed by atoms with van der Waals surface area (Å²) in [5, 5.41) is 5.62. The van der Waals surface area contributed by atoms with Crippen LogP contribution in [0.15, 0.2) is 29.3 Å². The Morgan fingerprint density at radius 1 is 1.37 bits per heavy atom. The van der Waals surface area contributed by atoms with Gasteiger partial charge in [-0.2, -0.15) is 0 Å². The molecule has 19 heavy (non-hydrogen) atoms. The molecule has 6 heteroatoms. The van der Waals surface area contributed by atoms with Crippen LogP contribution in [0, 0.1) is 0 Å². The fraction of sp³-hybridized carbons (Fsp3) is 0.385. The number of methoxy groups -OCH3 is 1. The molecule has 1 amide bonds. The fourth-order valence-electron chi connectivity index (χ4n) is 1.34. The number of amides is 1. The maximum Gasteiger partial charge on any atom is 0.241 e. The third kappa shape index (κ3) is 5.76. The van der Waals surface area contributed by atoms with Gasteiger partial charge in [0.2, 0.25) is 5.91 Å². The van der Waals surface area contributed by atoms with Crippen LogP contribution in [0.5, 0.6) is 5.75 Å². The van der Waals surface area contributed by atoms with Crippen molar-refractivity contribution in [1.29, 1.82) is 0 Å². The number of anilines is 1. The molecule has 1 aromatic rings. The minimum atomic E-state index is -0.138. The molecule has 104 valence electrons. The molecule has 0 aliphatic carbocycles. The van der Waals surface area contributed by atoms with Crippen LogP contribution in [0.25, 0.3) is 0 Å². The van der Waals surface area contributed by atoms with Gasteiger partial charge in [-0.15, -0.1) is 0 Å². The van der Waals surface area contributed by atoms with Crippen molar-refractivity contribution in [3.8, 4) is 5.75 Å². The maximum absolute atomic E-state index is 11.3. The number of carbonyl (C=O) groups is 1. The molecule has 1 rings (SSSR count). The Balaban J connectivity index is 2.44. The number of guanidine groups is 1. The lowest BCUT2D eigenvalue weighted by atomic mass is 10.3. The van der Waals surface area contributed by atoms with Gasteiger partial charge in [-0.3, -0.25) is 4.79 Å². The number of nitrogens with two attached hydrogens (primary N) is 1. The van der Waals surface area contributed by atoms with Crippen molar-refractivity contribution in [3.05, 3.63) is 24.3 Å². The minimum absolute atomic E-state index is 0.0228. The number of aliphatic imine (C=N–C) groups is 1. The van der Waals surface area contributed by atoms with E-state index in [2.05, 4.69) is 15.6 Å². The van der Waals surface area contributed by atoms with E-state index in [4.69, 9.17) is 10.5 Å². The number of hydrogen-bond acceptors (Lipinski definition) is 3. The number of benzene rings is 1. The van der Waals surface area contributed by atoms with Gasteiger partial charge in [-0.1, -0.05) is 6.92 Å². The molecular weight excluding hydrogens is 244 g/mol. The molecule has 0 atom stereocenters. The van der Waals surface area contributed by atoms with Crippen LogP contribution in [-0.4, -0.2) is 32.1 Å². The van der Waals surface area contributed by atoms with Crippen molar-refractivity contribution in [2.75, 3.05) is 25.5 Å². The molecule has 4 N–H and O–H groups in total. The topological polar surface area (TPSA) is 88.7 Å². The highest BCUT2D eigenvalue weighted by Crippen LogP contribution is 2.14. The maximum atomic E-state index is 11.3. The third-order valence-corrected chi connectivity index (χ3v) is 2.33. The van der Waals surface area contributed by atoms with E-state index in [1.807, 2.05) is 31.2 Å². The summed E-state index contributed by atoms with van der Waals surface area (Å²) in [5.41, 5.74) is 6.47. The third-order valence-electron chi connectivity index (χ3n) is 2.33. The van der Waals surface area contributed by atoms with Crippen LogP contribution >= 0.6 is 0 Å². The Morgan fingerprint density at radius 3 is 2.63 bits per heavy atom. The highest BCUT2D eigenvalue weighted by atomic mass is 16.5. The summed E-state index contributed by atoms with van der Waals surface area (Å²) in [6.07, 6.45) is 0.898. The number of nitrogens with one attached hydrogen (secondary N) is 2. The van der Waals surface area contributed by atoms with Gasteiger partial charge in [0.15, 0.2) is 5.96 Å². The molecule has 0 aliphatic heterocycles. The number of hydrogen-bond donors (Lipinski definition) is 3. The standard InChI is InChI=1S/C13H20N4O2/c1-3-8-15-12(18)9-16-13(14)17-10-4-6-11(19-2)7-5-10/h4-7H,3,8-9H2,1-2H3,(H,15,18)(H3,14,16,17). The molecule has 0 aromatic heterocycles. The Bertz CT molecular complexity index is 429. The summed E-state index contributed by atoms with van der Waals surface area (Å²) in [6.45, 7) is 2.66. The van der Waals surface area contributed by atoms with Gasteiger partial charge < -0.3 is 21.1 Å². The molecule has 0 aliphatic rings. The van der Waals surface area contributed by atoms with Crippen molar-refractivity contribution >= 4 is 17.6 Å². The SMILES string of the molecule is CCCNC(=O)CN=C(N)Nc1ccc(OC)cc1. The van der Waals surface area contributed by atoms with Gasteiger partial charge in [0.05, 0.1) is 7.11 Å². The van der Waals surface area contributed by atoms with Gasteiger partial charge in [0.25, 0.3) is 0 Å². The van der Waals surface area contributed by atoms with Gasteiger partial charge in [-0.25, -0.2) is 4.99 Å². The molecule has 0 radical (unpaired) electrons. The molecule has 0 unspecified atom stereocenters. The monoisotopic (exact) mass is 264 g/mol. The van der Waals surface area contributed by atoms with E-state index in [1.165, 1.54) is 0 Å². The fourth-order valence-corrected chi connectivity index (χ4v) is 1.34. The lowest BCUT2D eigenvalue weighted by Crippen LogP contribution is -2.29. The zero-order valence-electron chi connectivity index (χ0n) is 11.3. The summed E-state index contributed by atoms with van der Waals surface area (Å²) in [7, 11) is 1.60. The predicted octanol–water partition coefficient (Wildman–Crippen LogP) is 0.948. The van der Waals surface area contributed by atoms with Crippen LogP contribution in [0.2, 0.25) is 0 Å². The van der Waals surface area contributed by atoms with E-state index >= 15 is 0 Å². The highest BCUT2D eigenvalue weighted by molar-refractivity contribution is 5.93. The summed E-state index contributed by atoms with van der Waals surface area (Å²) in [5.74, 6) is 0.832. The molecule has 0 saturated heterocycles. The number of ether oxygens (including phenoxy) is 1. The second-order valence-corrected chi connectivity index (χ2v) is 3.90. The summed E-state index contributed by atoms with van der Waals surface area (Å²) in [6, 6.07) is 7.25. The van der Waals surface area contributed by atoms with Crippen LogP contribution in [0.1, 0.15) is 13.3 Å². The normalized spacial score (nSPS) is 10.9. The van der Waals surface area contributed by atoms with Gasteiger partial charge in [0.1, 0.15) is 12.3 Å². The van der Waals surface area contributed by atoms with Crippen molar-refractivity contribution in [2.45, 2.75) is 13.3 Å². The zero-order valence-corrected chi connectivity index (χ0v) is 11.3. The first-order valence-corrected chi connectivity index (χ1v) is 6.13. The average Bonchev–Trinajstić information content (AvgIpc) is 2.43. The second-order valence-electron chi connectivity index (χ2n) is 3.90. The van der Waals surface area contributed by atoms with Crippen LogP contribution < -0.4 is 21.1 Å². The Labute approximate surface area is 113 Å². The molecular formula is C13H20N4O2. The Hall–Kier alpha value is -2.24. The largest absolute Gasteiger partial charge is 0.497 e. The molecule has 0 saturated carbocycles. The lowest BCUT2D eigenvalue weighted by Gasteiger charge is -2.06. The first-order chi connectivity index (χ1) is 9.15. The Kier molecular flexibility index (Phi) is 6.21. The van der Waals surface area contributed by atoms with Crippen molar-refractivity contribution in [3.63, 3.8) is 0 Å². The van der Waals surface area contributed by atoms with E-state index in [-0.39, 0.29) is 18.4 Å². The zero-order chi connectivity index (χ0) is 14.1. The van der Waals surface area contributed by atoms with Crippen LogP contribution in [-0.2, 0) is 4.79 Å². The van der Waals surface area contributed by atoms with Crippen LogP contribution in [0.3, 0.4) is 0 Å². The molecule has 0 bridgehead atoms.